The number of benzene rings is 2. The average molecular weight is 407 g/mol. The minimum Gasteiger partial charge on any atom is -0.478 e. The number of ether oxygens (including phenoxy) is 1. The Bertz CT molecular complexity index is 892. The molecule has 0 saturated heterocycles. The van der Waals surface area contributed by atoms with Crippen molar-refractivity contribution < 1.29 is 32.6 Å². The Hall–Kier alpha value is -3.29. The third-order valence-corrected chi connectivity index (χ3v) is 3.89. The summed E-state index contributed by atoms with van der Waals surface area (Å²) in [5, 5.41) is 13.1. The monoisotopic (exact) mass is 407 g/mol. The molecule has 0 aromatic heterocycles. The summed E-state index contributed by atoms with van der Waals surface area (Å²) in [6, 6.07) is 15.2. The highest BCUT2D eigenvalue weighted by Gasteiger charge is 2.28. The summed E-state index contributed by atoms with van der Waals surface area (Å²) >= 11 is 0. The molecule has 1 N–H and O–H groups in total. The van der Waals surface area contributed by atoms with E-state index in [0.29, 0.717) is 0 Å². The van der Waals surface area contributed by atoms with E-state index in [2.05, 4.69) is 5.16 Å². The van der Waals surface area contributed by atoms with Crippen LogP contribution in [0.3, 0.4) is 0 Å². The minimum atomic E-state index is -4.76. The Labute approximate surface area is 166 Å². The van der Waals surface area contributed by atoms with E-state index >= 15 is 0 Å². The molecule has 0 radical (unpaired) electrons. The first kappa shape index (κ1) is 22.0. The van der Waals surface area contributed by atoms with Crippen LogP contribution in [0.2, 0.25) is 0 Å². The van der Waals surface area contributed by atoms with Gasteiger partial charge in [-0.15, -0.1) is 0 Å². The molecule has 0 aliphatic rings. The number of carboxylic acid groups (broad SMARTS) is 1. The molecule has 154 valence electrons. The first-order valence-corrected chi connectivity index (χ1v) is 8.66. The lowest BCUT2D eigenvalue weighted by Crippen LogP contribution is -2.11. The maximum absolute atomic E-state index is 12.7. The largest absolute Gasteiger partial charge is 0.478 e. The number of carboxylic acids is 1. The maximum atomic E-state index is 12.7. The molecule has 8 heteroatoms. The second-order valence-electron chi connectivity index (χ2n) is 6.12. The Balaban J connectivity index is 2.11. The number of aliphatic carboxylic acids is 1. The van der Waals surface area contributed by atoms with Gasteiger partial charge in [0.1, 0.15) is 12.7 Å². The number of hydrogen-bond donors (Lipinski definition) is 1. The molecule has 1 unspecified atom stereocenters. The van der Waals surface area contributed by atoms with Gasteiger partial charge in [0, 0.05) is 13.0 Å². The van der Waals surface area contributed by atoms with Crippen molar-refractivity contribution in [1.29, 1.82) is 0 Å². The molecular formula is C21H20F3NO4. The van der Waals surface area contributed by atoms with Crippen molar-refractivity contribution in [2.75, 3.05) is 0 Å². The van der Waals surface area contributed by atoms with Crippen molar-refractivity contribution in [3.05, 3.63) is 77.4 Å². The number of nitrogens with zero attached hydrogens (tertiary/aromatic N) is 1. The highest BCUT2D eigenvalue weighted by molar-refractivity contribution is 6.16. The number of rotatable bonds is 7. The van der Waals surface area contributed by atoms with Gasteiger partial charge in [-0.1, -0.05) is 59.8 Å². The lowest BCUT2D eigenvalue weighted by Gasteiger charge is -2.13. The van der Waals surface area contributed by atoms with Gasteiger partial charge in [0.2, 0.25) is 5.90 Å². The van der Waals surface area contributed by atoms with Crippen molar-refractivity contribution in [3.8, 4) is 0 Å². The molecule has 1 atom stereocenters. The van der Waals surface area contributed by atoms with Crippen LogP contribution in [0.4, 0.5) is 13.2 Å². The molecule has 2 rings (SSSR count). The molecule has 2 aromatic carbocycles. The van der Waals surface area contributed by atoms with Crippen molar-refractivity contribution in [2.45, 2.75) is 32.7 Å². The summed E-state index contributed by atoms with van der Waals surface area (Å²) in [6.45, 7) is 3.17. The van der Waals surface area contributed by atoms with Gasteiger partial charge in [-0.3, -0.25) is 0 Å². The normalized spacial score (nSPS) is 13.7. The first-order valence-electron chi connectivity index (χ1n) is 8.66. The summed E-state index contributed by atoms with van der Waals surface area (Å²) in [6.07, 6.45) is -5.32. The fraction of sp³-hybridized carbons (Fsp3) is 0.238. The Kier molecular flexibility index (Phi) is 7.41. The van der Waals surface area contributed by atoms with Crippen molar-refractivity contribution in [2.24, 2.45) is 5.16 Å². The predicted octanol–water partition coefficient (Wildman–Crippen LogP) is 5.34. The van der Waals surface area contributed by atoms with Gasteiger partial charge in [-0.2, -0.15) is 13.2 Å². The number of halogens is 3. The van der Waals surface area contributed by atoms with Gasteiger partial charge in [0.15, 0.2) is 0 Å². The molecule has 0 saturated carbocycles. The quantitative estimate of drug-likeness (QED) is 0.291. The van der Waals surface area contributed by atoms with E-state index in [1.54, 1.807) is 6.07 Å². The summed E-state index contributed by atoms with van der Waals surface area (Å²) in [5.41, 5.74) is 0.248. The van der Waals surface area contributed by atoms with Crippen LogP contribution >= 0.6 is 0 Å². The van der Waals surface area contributed by atoms with E-state index in [9.17, 15) is 23.1 Å². The van der Waals surface area contributed by atoms with Crippen LogP contribution in [0.1, 0.15) is 36.6 Å². The van der Waals surface area contributed by atoms with Crippen LogP contribution in [0.25, 0.3) is 5.57 Å². The number of allylic oxidation sites excluding steroid dienone is 1. The van der Waals surface area contributed by atoms with Gasteiger partial charge in [0.25, 0.3) is 0 Å². The first-order chi connectivity index (χ1) is 13.7. The van der Waals surface area contributed by atoms with Gasteiger partial charge in [-0.25, -0.2) is 4.79 Å². The van der Waals surface area contributed by atoms with Crippen LogP contribution < -0.4 is 0 Å². The minimum absolute atomic E-state index is 0.0799. The van der Waals surface area contributed by atoms with Gasteiger partial charge >= 0.3 is 12.1 Å². The van der Waals surface area contributed by atoms with Crippen LogP contribution in [-0.2, 0) is 21.0 Å². The van der Waals surface area contributed by atoms with E-state index in [4.69, 9.17) is 9.57 Å². The molecule has 0 amide bonds. The Morgan fingerprint density at radius 3 is 2.38 bits per heavy atom. The molecule has 0 aliphatic carbocycles. The lowest BCUT2D eigenvalue weighted by molar-refractivity contribution is -0.131. The molecule has 0 bridgehead atoms. The van der Waals surface area contributed by atoms with Crippen LogP contribution in [0, 0.1) is 0 Å². The zero-order valence-electron chi connectivity index (χ0n) is 15.8. The number of alkyl halides is 3. The van der Waals surface area contributed by atoms with Gasteiger partial charge in [0.05, 0.1) is 5.57 Å². The molecule has 0 heterocycles. The van der Waals surface area contributed by atoms with Crippen LogP contribution in [-0.4, -0.2) is 23.1 Å². The van der Waals surface area contributed by atoms with Gasteiger partial charge in [-0.05, 0) is 23.6 Å². The molecule has 2 aromatic rings. The molecule has 0 spiro atoms. The molecule has 29 heavy (non-hydrogen) atoms. The molecular weight excluding hydrogens is 387 g/mol. The average Bonchev–Trinajstić information content (AvgIpc) is 2.68. The van der Waals surface area contributed by atoms with Crippen LogP contribution in [0.15, 0.2) is 65.8 Å². The summed E-state index contributed by atoms with van der Waals surface area (Å²) in [4.78, 5) is 16.7. The number of hydrogen-bond acceptors (Lipinski definition) is 4. The third-order valence-electron chi connectivity index (χ3n) is 3.89. The van der Waals surface area contributed by atoms with E-state index in [0.717, 1.165) is 5.56 Å². The number of oxime groups is 1. The molecule has 5 nitrogen and oxygen atoms in total. The molecule has 0 fully saturated rings. The second kappa shape index (κ2) is 9.77. The van der Waals surface area contributed by atoms with Crippen LogP contribution in [0.5, 0.6) is 0 Å². The lowest BCUT2D eigenvalue weighted by atomic mass is 9.99. The predicted molar refractivity (Wildman–Crippen MR) is 102 cm³/mol. The highest BCUT2D eigenvalue weighted by Crippen LogP contribution is 2.27. The summed E-state index contributed by atoms with van der Waals surface area (Å²) in [5.74, 6) is -1.53. The van der Waals surface area contributed by atoms with Gasteiger partial charge < -0.3 is 14.7 Å². The van der Waals surface area contributed by atoms with E-state index < -0.39 is 17.7 Å². The summed E-state index contributed by atoms with van der Waals surface area (Å²) in [7, 11) is 0. The Morgan fingerprint density at radius 1 is 1.14 bits per heavy atom. The number of carbonyl (C=O) groups is 1. The van der Waals surface area contributed by atoms with E-state index in [1.165, 1.54) is 25.1 Å². The zero-order chi connectivity index (χ0) is 21.4. The summed E-state index contributed by atoms with van der Waals surface area (Å²) < 4.78 is 43.6. The topological polar surface area (TPSA) is 68.1 Å². The van der Waals surface area contributed by atoms with E-state index in [-0.39, 0.29) is 35.8 Å². The fourth-order valence-corrected chi connectivity index (χ4v) is 2.47. The molecule has 0 aliphatic heterocycles. The zero-order valence-corrected chi connectivity index (χ0v) is 15.8. The maximum Gasteiger partial charge on any atom is 0.410 e. The standard InChI is InChI=1S/C21H20F3NO4/c1-14(16-8-4-3-5-9-16)29-25-15(2)28-13-17-10-6-7-11-18(17)19(20(26)27)12-21(22,23)24/h3-12,14H,13H2,1-2H3,(H,26,27)/b19-12+,25-15-. The van der Waals surface area contributed by atoms with Crippen molar-refractivity contribution in [1.82, 2.24) is 0 Å². The Morgan fingerprint density at radius 2 is 1.76 bits per heavy atom. The highest BCUT2D eigenvalue weighted by atomic mass is 19.4. The fourth-order valence-electron chi connectivity index (χ4n) is 2.47. The van der Waals surface area contributed by atoms with Crippen molar-refractivity contribution >= 4 is 17.4 Å². The smallest absolute Gasteiger partial charge is 0.410 e. The van der Waals surface area contributed by atoms with E-state index in [1.807, 2.05) is 37.3 Å². The SMILES string of the molecule is C/C(=N/OC(C)c1ccccc1)OCc1ccccc1/C(=C\C(F)(F)F)C(=O)O. The third kappa shape index (κ3) is 6.99. The van der Waals surface area contributed by atoms with Crippen molar-refractivity contribution in [3.63, 3.8) is 0 Å². The second-order valence-corrected chi connectivity index (χ2v) is 6.12.